The second kappa shape index (κ2) is 6.88. The Hall–Kier alpha value is -2.36. The van der Waals surface area contributed by atoms with Crippen LogP contribution in [0.15, 0.2) is 24.3 Å². The molecule has 0 aliphatic rings. The van der Waals surface area contributed by atoms with Crippen LogP contribution in [0.1, 0.15) is 18.1 Å². The van der Waals surface area contributed by atoms with Crippen molar-refractivity contribution in [2.24, 2.45) is 5.92 Å². The van der Waals surface area contributed by atoms with Crippen molar-refractivity contribution in [2.75, 3.05) is 6.54 Å². The van der Waals surface area contributed by atoms with Gasteiger partial charge in [-0.3, -0.25) is 9.59 Å². The van der Waals surface area contributed by atoms with Crippen LogP contribution >= 0.6 is 0 Å². The minimum atomic E-state index is -4.38. The maximum atomic E-state index is 12.4. The van der Waals surface area contributed by atoms with E-state index in [1.165, 1.54) is 12.1 Å². The number of rotatable bonds is 5. The van der Waals surface area contributed by atoms with Crippen LogP contribution in [-0.4, -0.2) is 18.2 Å². The van der Waals surface area contributed by atoms with Gasteiger partial charge in [0.25, 0.3) is 0 Å². The van der Waals surface area contributed by atoms with Crippen molar-refractivity contribution < 1.29 is 22.8 Å². The molecule has 0 aliphatic carbocycles. The van der Waals surface area contributed by atoms with Crippen molar-refractivity contribution >= 4 is 11.7 Å². The number of benzene rings is 1. The number of amides is 1. The van der Waals surface area contributed by atoms with E-state index in [1.54, 1.807) is 6.07 Å². The molecule has 0 spiro atoms. The topological polar surface area (TPSA) is 70.0 Å². The first-order valence-corrected chi connectivity index (χ1v) is 6.09. The average molecular weight is 298 g/mol. The Morgan fingerprint density at radius 1 is 1.29 bits per heavy atom. The molecule has 21 heavy (non-hydrogen) atoms. The lowest BCUT2D eigenvalue weighted by atomic mass is 10.1. The van der Waals surface area contributed by atoms with E-state index in [0.717, 1.165) is 19.1 Å². The molecular formula is C14H13F3N2O2. The van der Waals surface area contributed by atoms with Gasteiger partial charge >= 0.3 is 6.18 Å². The summed E-state index contributed by atoms with van der Waals surface area (Å²) in [7, 11) is 0. The summed E-state index contributed by atoms with van der Waals surface area (Å²) < 4.78 is 37.1. The van der Waals surface area contributed by atoms with Crippen molar-refractivity contribution in [2.45, 2.75) is 19.5 Å². The third-order valence-corrected chi connectivity index (χ3v) is 2.79. The van der Waals surface area contributed by atoms with Crippen LogP contribution in [0.3, 0.4) is 0 Å². The van der Waals surface area contributed by atoms with Gasteiger partial charge in [0.05, 0.1) is 11.6 Å². The predicted molar refractivity (Wildman–Crippen MR) is 67.9 cm³/mol. The molecule has 1 aromatic rings. The van der Waals surface area contributed by atoms with Crippen molar-refractivity contribution in [3.63, 3.8) is 0 Å². The number of hydrogen-bond donors (Lipinski definition) is 1. The molecule has 7 heteroatoms. The zero-order valence-corrected chi connectivity index (χ0v) is 11.2. The number of carbonyl (C=O) groups excluding carboxylic acids is 2. The van der Waals surface area contributed by atoms with Gasteiger partial charge in [0.1, 0.15) is 0 Å². The van der Waals surface area contributed by atoms with E-state index in [1.807, 2.05) is 0 Å². The smallest absolute Gasteiger partial charge is 0.354 e. The number of ketones is 1. The predicted octanol–water partition coefficient (Wildman–Crippen LogP) is 2.09. The van der Waals surface area contributed by atoms with E-state index < -0.39 is 29.3 Å². The Kier molecular flexibility index (Phi) is 5.47. The molecule has 1 unspecified atom stereocenters. The summed E-state index contributed by atoms with van der Waals surface area (Å²) in [6, 6.07) is 6.16. The molecule has 0 aliphatic heterocycles. The minimum Gasteiger partial charge on any atom is -0.354 e. The molecule has 1 amide bonds. The van der Waals surface area contributed by atoms with Gasteiger partial charge in [0, 0.05) is 6.54 Å². The molecule has 0 heterocycles. The number of nitrogens with one attached hydrogen (secondary N) is 1. The normalized spacial score (nSPS) is 12.3. The fourth-order valence-corrected chi connectivity index (χ4v) is 1.63. The number of Topliss-reactive ketones (excluding diaryl/α,β-unsaturated/α-hetero) is 1. The third-order valence-electron chi connectivity index (χ3n) is 2.79. The maximum absolute atomic E-state index is 12.4. The van der Waals surface area contributed by atoms with E-state index in [0.29, 0.717) is 12.0 Å². The second-order valence-corrected chi connectivity index (χ2v) is 4.41. The largest absolute Gasteiger partial charge is 0.416 e. The van der Waals surface area contributed by atoms with Crippen molar-refractivity contribution in [3.05, 3.63) is 35.4 Å². The molecule has 4 nitrogen and oxygen atoms in total. The van der Waals surface area contributed by atoms with Gasteiger partial charge in [-0.15, -0.1) is 0 Å². The summed E-state index contributed by atoms with van der Waals surface area (Å²) in [5.74, 6) is -2.60. The highest BCUT2D eigenvalue weighted by molar-refractivity contribution is 6.02. The lowest BCUT2D eigenvalue weighted by Gasteiger charge is -2.09. The molecule has 0 aromatic heterocycles. The lowest BCUT2D eigenvalue weighted by molar-refractivity contribution is -0.137. The van der Waals surface area contributed by atoms with Crippen molar-refractivity contribution in [1.82, 2.24) is 5.32 Å². The van der Waals surface area contributed by atoms with Crippen LogP contribution in [0.4, 0.5) is 13.2 Å². The van der Waals surface area contributed by atoms with Crippen molar-refractivity contribution in [3.8, 4) is 6.07 Å². The van der Waals surface area contributed by atoms with E-state index in [9.17, 15) is 22.8 Å². The first-order valence-electron chi connectivity index (χ1n) is 6.09. The van der Waals surface area contributed by atoms with Gasteiger partial charge in [-0.05, 0) is 31.0 Å². The highest BCUT2D eigenvalue weighted by Crippen LogP contribution is 2.29. The molecule has 0 bridgehead atoms. The van der Waals surface area contributed by atoms with Crippen LogP contribution in [0, 0.1) is 17.2 Å². The number of nitriles is 1. The van der Waals surface area contributed by atoms with E-state index in [4.69, 9.17) is 5.26 Å². The Balaban J connectivity index is 2.52. The highest BCUT2D eigenvalue weighted by Gasteiger charge is 2.29. The van der Waals surface area contributed by atoms with Gasteiger partial charge < -0.3 is 5.32 Å². The summed E-state index contributed by atoms with van der Waals surface area (Å²) >= 11 is 0. The Bertz CT molecular complexity index is 559. The molecule has 1 rings (SSSR count). The lowest BCUT2D eigenvalue weighted by Crippen LogP contribution is -2.34. The zero-order valence-electron chi connectivity index (χ0n) is 11.2. The first kappa shape index (κ1) is 16.7. The SMILES string of the molecule is CC(=O)C(C#N)C(=O)NCCc1ccc(C(F)(F)F)cc1. The van der Waals surface area contributed by atoms with Crippen LogP contribution < -0.4 is 5.32 Å². The van der Waals surface area contributed by atoms with Gasteiger partial charge in [-0.1, -0.05) is 12.1 Å². The van der Waals surface area contributed by atoms with Gasteiger partial charge in [0.15, 0.2) is 11.7 Å². The second-order valence-electron chi connectivity index (χ2n) is 4.41. The Labute approximate surface area is 119 Å². The molecule has 0 fully saturated rings. The van der Waals surface area contributed by atoms with E-state index >= 15 is 0 Å². The molecule has 1 N–H and O–H groups in total. The number of hydrogen-bond acceptors (Lipinski definition) is 3. The van der Waals surface area contributed by atoms with Gasteiger partial charge in [-0.25, -0.2) is 0 Å². The quantitative estimate of drug-likeness (QED) is 0.846. The molecule has 1 atom stereocenters. The molecular weight excluding hydrogens is 285 g/mol. The standard InChI is InChI=1S/C14H13F3N2O2/c1-9(20)12(8-18)13(21)19-7-6-10-2-4-11(5-3-10)14(15,16)17/h2-5,12H,6-7H2,1H3,(H,19,21). The average Bonchev–Trinajstić information content (AvgIpc) is 2.38. The molecule has 0 saturated heterocycles. The minimum absolute atomic E-state index is 0.135. The Morgan fingerprint density at radius 2 is 1.86 bits per heavy atom. The summed E-state index contributed by atoms with van der Waals surface area (Å²) in [4.78, 5) is 22.5. The fourth-order valence-electron chi connectivity index (χ4n) is 1.63. The molecule has 0 radical (unpaired) electrons. The zero-order chi connectivity index (χ0) is 16.0. The number of halogens is 3. The van der Waals surface area contributed by atoms with Crippen LogP contribution in [0.2, 0.25) is 0 Å². The van der Waals surface area contributed by atoms with Gasteiger partial charge in [0.2, 0.25) is 5.91 Å². The van der Waals surface area contributed by atoms with Gasteiger partial charge in [-0.2, -0.15) is 18.4 Å². The molecule has 1 aromatic carbocycles. The van der Waals surface area contributed by atoms with E-state index in [2.05, 4.69) is 5.32 Å². The summed E-state index contributed by atoms with van der Waals surface area (Å²) in [5.41, 5.74) is -0.129. The van der Waals surface area contributed by atoms with Crippen LogP contribution in [-0.2, 0) is 22.2 Å². The monoisotopic (exact) mass is 298 g/mol. The number of nitrogens with zero attached hydrogens (tertiary/aromatic N) is 1. The number of alkyl halides is 3. The van der Waals surface area contributed by atoms with E-state index in [-0.39, 0.29) is 6.54 Å². The summed E-state index contributed by atoms with van der Waals surface area (Å²) in [5, 5.41) is 11.1. The third kappa shape index (κ3) is 4.91. The fraction of sp³-hybridized carbons (Fsp3) is 0.357. The molecule has 112 valence electrons. The summed E-state index contributed by atoms with van der Waals surface area (Å²) in [6.45, 7) is 1.28. The van der Waals surface area contributed by atoms with Crippen LogP contribution in [0.25, 0.3) is 0 Å². The maximum Gasteiger partial charge on any atom is 0.416 e. The molecule has 0 saturated carbocycles. The number of carbonyl (C=O) groups is 2. The van der Waals surface area contributed by atoms with Crippen molar-refractivity contribution in [1.29, 1.82) is 5.26 Å². The Morgan fingerprint density at radius 3 is 2.29 bits per heavy atom. The summed E-state index contributed by atoms with van der Waals surface area (Å²) in [6.07, 6.45) is -4.08. The highest BCUT2D eigenvalue weighted by atomic mass is 19.4. The first-order chi connectivity index (χ1) is 9.75. The van der Waals surface area contributed by atoms with Crippen LogP contribution in [0.5, 0.6) is 0 Å².